The maximum atomic E-state index is 12.0. The molecule has 0 bridgehead atoms. The average Bonchev–Trinajstić information content (AvgIpc) is 2.43. The van der Waals surface area contributed by atoms with Crippen LogP contribution in [0.25, 0.3) is 0 Å². The van der Waals surface area contributed by atoms with Gasteiger partial charge in [-0.25, -0.2) is 4.79 Å². The number of aryl methyl sites for hydroxylation is 2. The van der Waals surface area contributed by atoms with Crippen LogP contribution in [0.1, 0.15) is 47.7 Å². The van der Waals surface area contributed by atoms with Crippen LogP contribution >= 0.6 is 0 Å². The molecule has 1 atom stereocenters. The Morgan fingerprint density at radius 1 is 1.26 bits per heavy atom. The van der Waals surface area contributed by atoms with E-state index in [9.17, 15) is 9.59 Å². The number of carboxylic acid groups (broad SMARTS) is 1. The van der Waals surface area contributed by atoms with Gasteiger partial charge in [0.1, 0.15) is 6.04 Å². The van der Waals surface area contributed by atoms with Gasteiger partial charge in [0, 0.05) is 5.56 Å². The van der Waals surface area contributed by atoms with Crippen LogP contribution in [0.3, 0.4) is 0 Å². The van der Waals surface area contributed by atoms with Gasteiger partial charge in [-0.3, -0.25) is 4.79 Å². The molecule has 2 rings (SSSR count). The van der Waals surface area contributed by atoms with Gasteiger partial charge in [-0.1, -0.05) is 13.0 Å². The molecule has 0 aromatic heterocycles. The summed E-state index contributed by atoms with van der Waals surface area (Å²) in [5, 5.41) is 11.5. The molecule has 1 aromatic rings. The number of hydrogen-bond donors (Lipinski definition) is 2. The summed E-state index contributed by atoms with van der Waals surface area (Å²) in [5.41, 5.74) is 3.09. The molecule has 0 unspecified atom stereocenters. The molecule has 0 fully saturated rings. The third-order valence-corrected chi connectivity index (χ3v) is 3.62. The highest BCUT2D eigenvalue weighted by molar-refractivity contribution is 5.96. The van der Waals surface area contributed by atoms with Crippen LogP contribution < -0.4 is 5.32 Å². The van der Waals surface area contributed by atoms with Gasteiger partial charge in [-0.2, -0.15) is 0 Å². The molecule has 1 aliphatic rings. The lowest BCUT2D eigenvalue weighted by Crippen LogP contribution is -2.40. The summed E-state index contributed by atoms with van der Waals surface area (Å²) in [4.78, 5) is 22.9. The molecule has 0 saturated carbocycles. The fourth-order valence-corrected chi connectivity index (χ4v) is 2.45. The van der Waals surface area contributed by atoms with Gasteiger partial charge in [-0.05, 0) is 55.4 Å². The van der Waals surface area contributed by atoms with Gasteiger partial charge in [0.25, 0.3) is 5.91 Å². The van der Waals surface area contributed by atoms with Gasteiger partial charge in [0.2, 0.25) is 0 Å². The molecule has 1 aliphatic carbocycles. The Kier molecular flexibility index (Phi) is 4.20. The second-order valence-corrected chi connectivity index (χ2v) is 4.96. The van der Waals surface area contributed by atoms with E-state index in [4.69, 9.17) is 5.11 Å². The van der Waals surface area contributed by atoms with Gasteiger partial charge >= 0.3 is 5.97 Å². The van der Waals surface area contributed by atoms with Crippen molar-refractivity contribution in [3.05, 3.63) is 34.9 Å². The fraction of sp³-hybridized carbons (Fsp3) is 0.467. The van der Waals surface area contributed by atoms with Gasteiger partial charge in [-0.15, -0.1) is 0 Å². The Balaban J connectivity index is 2.13. The third-order valence-electron chi connectivity index (χ3n) is 3.62. The maximum Gasteiger partial charge on any atom is 0.326 e. The number of carboxylic acids is 1. The first-order valence-electron chi connectivity index (χ1n) is 6.77. The van der Waals surface area contributed by atoms with E-state index < -0.39 is 12.0 Å². The zero-order chi connectivity index (χ0) is 13.8. The van der Waals surface area contributed by atoms with E-state index >= 15 is 0 Å². The Bertz CT molecular complexity index is 496. The molecule has 0 radical (unpaired) electrons. The van der Waals surface area contributed by atoms with Crippen molar-refractivity contribution in [3.63, 3.8) is 0 Å². The Labute approximate surface area is 112 Å². The summed E-state index contributed by atoms with van der Waals surface area (Å²) in [6, 6.07) is 4.86. The fourth-order valence-electron chi connectivity index (χ4n) is 2.45. The van der Waals surface area contributed by atoms with E-state index in [1.165, 1.54) is 17.5 Å². The molecule has 1 amide bonds. The molecular formula is C15H19NO3. The predicted molar refractivity (Wildman–Crippen MR) is 72.3 cm³/mol. The molecular weight excluding hydrogens is 242 g/mol. The topological polar surface area (TPSA) is 66.4 Å². The predicted octanol–water partition coefficient (Wildman–Crippen LogP) is 2.16. The van der Waals surface area contributed by atoms with Gasteiger partial charge in [0.05, 0.1) is 0 Å². The molecule has 1 aromatic carbocycles. The Hall–Kier alpha value is -1.84. The van der Waals surface area contributed by atoms with Crippen molar-refractivity contribution in [1.29, 1.82) is 0 Å². The number of hydrogen-bond acceptors (Lipinski definition) is 2. The third kappa shape index (κ3) is 3.13. The lowest BCUT2D eigenvalue weighted by molar-refractivity contribution is -0.139. The normalized spacial score (nSPS) is 15.4. The number of benzene rings is 1. The molecule has 4 nitrogen and oxygen atoms in total. The van der Waals surface area contributed by atoms with Crippen LogP contribution in [0.5, 0.6) is 0 Å². The number of nitrogens with one attached hydrogen (secondary N) is 1. The number of rotatable bonds is 4. The number of carbonyl (C=O) groups excluding carboxylic acids is 1. The smallest absolute Gasteiger partial charge is 0.326 e. The highest BCUT2D eigenvalue weighted by Crippen LogP contribution is 2.22. The van der Waals surface area contributed by atoms with E-state index in [0.29, 0.717) is 12.0 Å². The van der Waals surface area contributed by atoms with Crippen molar-refractivity contribution in [2.75, 3.05) is 0 Å². The SMILES string of the molecule is CC[C@H](NC(=O)c1ccc2c(c1)CCCC2)C(=O)O. The standard InChI is InChI=1S/C15H19NO3/c1-2-13(15(18)19)16-14(17)12-8-7-10-5-3-4-6-11(10)9-12/h7-9,13H,2-6H2,1H3,(H,16,17)(H,18,19)/t13-/m0/s1. The first kappa shape index (κ1) is 13.6. The summed E-state index contributed by atoms with van der Waals surface area (Å²) >= 11 is 0. The summed E-state index contributed by atoms with van der Waals surface area (Å²) < 4.78 is 0. The quantitative estimate of drug-likeness (QED) is 0.872. The summed E-state index contributed by atoms with van der Waals surface area (Å²) in [6.45, 7) is 1.74. The second-order valence-electron chi connectivity index (χ2n) is 4.96. The monoisotopic (exact) mass is 261 g/mol. The molecule has 19 heavy (non-hydrogen) atoms. The van der Waals surface area contributed by atoms with Crippen molar-refractivity contribution in [2.45, 2.75) is 45.1 Å². The molecule has 2 N–H and O–H groups in total. The van der Waals surface area contributed by atoms with E-state index in [0.717, 1.165) is 19.3 Å². The average molecular weight is 261 g/mol. The lowest BCUT2D eigenvalue weighted by Gasteiger charge is -2.17. The number of fused-ring (bicyclic) bond motifs is 1. The Morgan fingerprint density at radius 2 is 1.95 bits per heavy atom. The van der Waals surface area contributed by atoms with Crippen molar-refractivity contribution in [3.8, 4) is 0 Å². The summed E-state index contributed by atoms with van der Waals surface area (Å²) in [7, 11) is 0. The van der Waals surface area contributed by atoms with E-state index in [-0.39, 0.29) is 5.91 Å². The van der Waals surface area contributed by atoms with Crippen LogP contribution in [0.4, 0.5) is 0 Å². The first-order chi connectivity index (χ1) is 9.11. The molecule has 0 saturated heterocycles. The molecule has 0 heterocycles. The van der Waals surface area contributed by atoms with Crippen LogP contribution in [0.2, 0.25) is 0 Å². The van der Waals surface area contributed by atoms with Crippen LogP contribution in [-0.2, 0) is 17.6 Å². The van der Waals surface area contributed by atoms with E-state index in [2.05, 4.69) is 5.32 Å². The van der Waals surface area contributed by atoms with Gasteiger partial charge in [0.15, 0.2) is 0 Å². The zero-order valence-corrected chi connectivity index (χ0v) is 11.1. The zero-order valence-electron chi connectivity index (χ0n) is 11.1. The van der Waals surface area contributed by atoms with E-state index in [1.807, 2.05) is 12.1 Å². The highest BCUT2D eigenvalue weighted by atomic mass is 16.4. The summed E-state index contributed by atoms with van der Waals surface area (Å²) in [6.07, 6.45) is 4.82. The molecule has 102 valence electrons. The van der Waals surface area contributed by atoms with E-state index in [1.54, 1.807) is 13.0 Å². The lowest BCUT2D eigenvalue weighted by atomic mass is 9.90. The number of carbonyl (C=O) groups is 2. The Morgan fingerprint density at radius 3 is 2.58 bits per heavy atom. The largest absolute Gasteiger partial charge is 0.480 e. The number of amides is 1. The minimum absolute atomic E-state index is 0.303. The van der Waals surface area contributed by atoms with Crippen LogP contribution in [0, 0.1) is 0 Å². The van der Waals surface area contributed by atoms with Crippen molar-refractivity contribution < 1.29 is 14.7 Å². The first-order valence-corrected chi connectivity index (χ1v) is 6.77. The van der Waals surface area contributed by atoms with Crippen LogP contribution in [0.15, 0.2) is 18.2 Å². The molecule has 0 spiro atoms. The minimum Gasteiger partial charge on any atom is -0.480 e. The molecule has 0 aliphatic heterocycles. The minimum atomic E-state index is -0.992. The van der Waals surface area contributed by atoms with Crippen molar-refractivity contribution in [2.24, 2.45) is 0 Å². The van der Waals surface area contributed by atoms with Gasteiger partial charge < -0.3 is 10.4 Å². The molecule has 4 heteroatoms. The maximum absolute atomic E-state index is 12.0. The second kappa shape index (κ2) is 5.87. The van der Waals surface area contributed by atoms with Crippen molar-refractivity contribution >= 4 is 11.9 Å². The highest BCUT2D eigenvalue weighted by Gasteiger charge is 2.19. The van der Waals surface area contributed by atoms with Crippen LogP contribution in [-0.4, -0.2) is 23.0 Å². The van der Waals surface area contributed by atoms with Crippen molar-refractivity contribution in [1.82, 2.24) is 5.32 Å². The summed E-state index contributed by atoms with van der Waals surface area (Å²) in [5.74, 6) is -1.29. The number of aliphatic carboxylic acids is 1.